The summed E-state index contributed by atoms with van der Waals surface area (Å²) in [4.78, 5) is 8.30. The van der Waals surface area contributed by atoms with Crippen LogP contribution in [-0.2, 0) is 17.7 Å². The zero-order chi connectivity index (χ0) is 15.1. The van der Waals surface area contributed by atoms with E-state index in [4.69, 9.17) is 4.74 Å². The lowest BCUT2D eigenvalue weighted by atomic mass is 10.1. The Bertz CT molecular complexity index is 466. The van der Waals surface area contributed by atoms with E-state index in [2.05, 4.69) is 38.9 Å². The van der Waals surface area contributed by atoms with Crippen molar-refractivity contribution in [2.45, 2.75) is 25.9 Å². The van der Waals surface area contributed by atoms with Gasteiger partial charge in [-0.15, -0.1) is 35.3 Å². The van der Waals surface area contributed by atoms with E-state index in [0.29, 0.717) is 6.61 Å². The van der Waals surface area contributed by atoms with Crippen LogP contribution in [0.3, 0.4) is 0 Å². The van der Waals surface area contributed by atoms with E-state index >= 15 is 0 Å². The van der Waals surface area contributed by atoms with Crippen LogP contribution >= 0.6 is 35.3 Å². The molecule has 1 aromatic heterocycles. The van der Waals surface area contributed by atoms with Crippen LogP contribution in [0.4, 0.5) is 0 Å². The molecule has 0 amide bonds. The molecule has 1 unspecified atom stereocenters. The molecule has 1 aliphatic rings. The number of ether oxygens (including phenoxy) is 1. The molecule has 5 nitrogen and oxygen atoms in total. The number of halogens is 1. The van der Waals surface area contributed by atoms with Crippen LogP contribution in [0.25, 0.3) is 0 Å². The molecule has 0 saturated heterocycles. The molecule has 22 heavy (non-hydrogen) atoms. The Balaban J connectivity index is 0.00000242. The van der Waals surface area contributed by atoms with Gasteiger partial charge in [0.2, 0.25) is 0 Å². The van der Waals surface area contributed by atoms with Gasteiger partial charge in [0.05, 0.1) is 6.61 Å². The molecule has 0 saturated carbocycles. The van der Waals surface area contributed by atoms with Gasteiger partial charge in [-0.25, -0.2) is 0 Å². The van der Waals surface area contributed by atoms with Gasteiger partial charge >= 0.3 is 0 Å². The highest BCUT2D eigenvalue weighted by Crippen LogP contribution is 2.23. The minimum Gasteiger partial charge on any atom is -0.383 e. The predicted molar refractivity (Wildman–Crippen MR) is 105 cm³/mol. The Labute approximate surface area is 154 Å². The summed E-state index contributed by atoms with van der Waals surface area (Å²) in [6.07, 6.45) is 1.19. The zero-order valence-corrected chi connectivity index (χ0v) is 16.7. The topological polar surface area (TPSA) is 48.9 Å². The monoisotopic (exact) mass is 438 g/mol. The summed E-state index contributed by atoms with van der Waals surface area (Å²) in [5, 5.41) is 8.89. The number of aliphatic imine (C=N–C) groups is 1. The largest absolute Gasteiger partial charge is 0.383 e. The molecule has 1 atom stereocenters. The van der Waals surface area contributed by atoms with Crippen molar-refractivity contribution in [2.75, 3.05) is 40.4 Å². The highest BCUT2D eigenvalue weighted by molar-refractivity contribution is 14.0. The lowest BCUT2D eigenvalue weighted by Gasteiger charge is -2.27. The number of fused-ring (bicyclic) bond motifs is 1. The molecule has 0 spiro atoms. The third kappa shape index (κ3) is 6.02. The molecule has 2 heterocycles. The van der Waals surface area contributed by atoms with Crippen molar-refractivity contribution in [3.63, 3.8) is 0 Å². The fourth-order valence-corrected chi connectivity index (χ4v) is 3.44. The van der Waals surface area contributed by atoms with Gasteiger partial charge in [0, 0.05) is 51.3 Å². The van der Waals surface area contributed by atoms with Crippen molar-refractivity contribution in [1.29, 1.82) is 0 Å². The van der Waals surface area contributed by atoms with Crippen molar-refractivity contribution >= 4 is 41.3 Å². The molecule has 7 heteroatoms. The Morgan fingerprint density at radius 3 is 3.09 bits per heavy atom. The summed E-state index contributed by atoms with van der Waals surface area (Å²) in [7, 11) is 3.51. The summed E-state index contributed by atoms with van der Waals surface area (Å²) < 4.78 is 5.12. The van der Waals surface area contributed by atoms with Gasteiger partial charge in [0.1, 0.15) is 0 Å². The number of nitrogens with zero attached hydrogens (tertiary/aromatic N) is 2. The maximum absolute atomic E-state index is 5.12. The molecule has 2 rings (SSSR count). The van der Waals surface area contributed by atoms with Crippen LogP contribution in [0, 0.1) is 0 Å². The van der Waals surface area contributed by atoms with Crippen LogP contribution in [0.15, 0.2) is 16.4 Å². The Hall–Kier alpha value is -0.380. The average molecular weight is 438 g/mol. The Morgan fingerprint density at radius 1 is 1.55 bits per heavy atom. The number of hydrogen-bond acceptors (Lipinski definition) is 4. The van der Waals surface area contributed by atoms with Crippen molar-refractivity contribution in [2.24, 2.45) is 4.99 Å². The summed E-state index contributed by atoms with van der Waals surface area (Å²) in [6, 6.07) is 2.51. The summed E-state index contributed by atoms with van der Waals surface area (Å²) in [5.74, 6) is 0.841. The van der Waals surface area contributed by atoms with E-state index < -0.39 is 0 Å². The second-order valence-electron chi connectivity index (χ2n) is 5.39. The van der Waals surface area contributed by atoms with Gasteiger partial charge in [-0.1, -0.05) is 0 Å². The number of thiophene rings is 1. The number of nitrogens with one attached hydrogen (secondary N) is 2. The average Bonchev–Trinajstić information content (AvgIpc) is 2.94. The van der Waals surface area contributed by atoms with Crippen molar-refractivity contribution < 1.29 is 4.74 Å². The highest BCUT2D eigenvalue weighted by Gasteiger charge is 2.16. The van der Waals surface area contributed by atoms with E-state index in [0.717, 1.165) is 32.1 Å². The van der Waals surface area contributed by atoms with Gasteiger partial charge in [-0.3, -0.25) is 9.89 Å². The van der Waals surface area contributed by atoms with Crippen molar-refractivity contribution in [3.8, 4) is 0 Å². The maximum Gasteiger partial charge on any atom is 0.191 e. The Morgan fingerprint density at radius 2 is 2.36 bits per heavy atom. The third-order valence-corrected chi connectivity index (χ3v) is 4.65. The standard InChI is InChI=1S/C15H26N4OS.HI/c1-12(11-20-3)18-15(16-2)17-6-8-19-7-4-14-13(10-19)5-9-21-14;/h5,9,12H,4,6-8,10-11H2,1-3H3,(H2,16,17,18);1H. The Kier molecular flexibility index (Phi) is 9.30. The summed E-state index contributed by atoms with van der Waals surface area (Å²) in [6.45, 7) is 6.92. The predicted octanol–water partition coefficient (Wildman–Crippen LogP) is 1.92. The first-order chi connectivity index (χ1) is 10.2. The second-order valence-corrected chi connectivity index (χ2v) is 6.40. The molecule has 0 bridgehead atoms. The van der Waals surface area contributed by atoms with Crippen LogP contribution in [-0.4, -0.2) is 57.3 Å². The van der Waals surface area contributed by atoms with Crippen molar-refractivity contribution in [1.82, 2.24) is 15.5 Å². The second kappa shape index (κ2) is 10.4. The van der Waals surface area contributed by atoms with Gasteiger partial charge in [0.25, 0.3) is 0 Å². The third-order valence-electron chi connectivity index (χ3n) is 3.63. The van der Waals surface area contributed by atoms with Gasteiger partial charge in [-0.05, 0) is 30.4 Å². The van der Waals surface area contributed by atoms with Crippen LogP contribution in [0.2, 0.25) is 0 Å². The van der Waals surface area contributed by atoms with E-state index in [1.165, 1.54) is 12.0 Å². The van der Waals surface area contributed by atoms with Gasteiger partial charge < -0.3 is 15.4 Å². The summed E-state index contributed by atoms with van der Waals surface area (Å²) >= 11 is 1.89. The SMILES string of the molecule is CN=C(NCCN1CCc2sccc2C1)NC(C)COC.I. The van der Waals surface area contributed by atoms with E-state index in [-0.39, 0.29) is 30.0 Å². The van der Waals surface area contributed by atoms with E-state index in [9.17, 15) is 0 Å². The fourth-order valence-electron chi connectivity index (χ4n) is 2.55. The summed E-state index contributed by atoms with van der Waals surface area (Å²) in [5.41, 5.74) is 1.50. The maximum atomic E-state index is 5.12. The van der Waals surface area contributed by atoms with E-state index in [1.54, 1.807) is 19.0 Å². The molecule has 0 aromatic carbocycles. The fraction of sp³-hybridized carbons (Fsp3) is 0.667. The highest BCUT2D eigenvalue weighted by atomic mass is 127. The number of hydrogen-bond donors (Lipinski definition) is 2. The molecule has 2 N–H and O–H groups in total. The van der Waals surface area contributed by atoms with Crippen LogP contribution in [0.1, 0.15) is 17.4 Å². The van der Waals surface area contributed by atoms with Crippen LogP contribution in [0.5, 0.6) is 0 Å². The lowest BCUT2D eigenvalue weighted by molar-refractivity contribution is 0.179. The lowest BCUT2D eigenvalue weighted by Crippen LogP contribution is -2.46. The van der Waals surface area contributed by atoms with E-state index in [1.807, 2.05) is 11.3 Å². The first-order valence-electron chi connectivity index (χ1n) is 7.46. The number of methoxy groups -OCH3 is 1. The normalized spacial score (nSPS) is 16.6. The smallest absolute Gasteiger partial charge is 0.191 e. The zero-order valence-electron chi connectivity index (χ0n) is 13.6. The first kappa shape index (κ1) is 19.7. The van der Waals surface area contributed by atoms with Gasteiger partial charge in [-0.2, -0.15) is 0 Å². The molecule has 0 fully saturated rings. The van der Waals surface area contributed by atoms with Crippen molar-refractivity contribution in [3.05, 3.63) is 21.9 Å². The molecule has 0 radical (unpaired) electrons. The minimum atomic E-state index is 0. The molecule has 1 aromatic rings. The number of rotatable bonds is 6. The van der Waals surface area contributed by atoms with Crippen LogP contribution < -0.4 is 10.6 Å². The quantitative estimate of drug-likeness (QED) is 0.405. The number of guanidine groups is 1. The molecule has 126 valence electrons. The minimum absolute atomic E-state index is 0. The molecular formula is C15H27IN4OS. The first-order valence-corrected chi connectivity index (χ1v) is 8.34. The molecule has 1 aliphatic heterocycles. The molecular weight excluding hydrogens is 411 g/mol. The molecule has 0 aliphatic carbocycles. The van der Waals surface area contributed by atoms with Gasteiger partial charge in [0.15, 0.2) is 5.96 Å².